The van der Waals surface area contributed by atoms with Gasteiger partial charge in [-0.1, -0.05) is 85.0 Å². The molecule has 2 N–H and O–H groups in total. The second-order valence-electron chi connectivity index (χ2n) is 6.84. The van der Waals surface area contributed by atoms with Crippen LogP contribution in [-0.2, 0) is 4.79 Å². The van der Waals surface area contributed by atoms with Gasteiger partial charge in [-0.2, -0.15) is 0 Å². The molecule has 0 aliphatic rings. The zero-order chi connectivity index (χ0) is 16.6. The molecule has 2 nitrogen and oxygen atoms in total. The summed E-state index contributed by atoms with van der Waals surface area (Å²) < 4.78 is 0. The normalized spacial score (nSPS) is 14.0. The predicted molar refractivity (Wildman–Crippen MR) is 98.1 cm³/mol. The van der Waals surface area contributed by atoms with Crippen LogP contribution in [0.15, 0.2) is 0 Å². The van der Waals surface area contributed by atoms with E-state index in [-0.39, 0.29) is 12.0 Å². The van der Waals surface area contributed by atoms with Crippen LogP contribution in [0.2, 0.25) is 0 Å². The summed E-state index contributed by atoms with van der Waals surface area (Å²) in [6.07, 6.45) is 17.2. The van der Waals surface area contributed by atoms with E-state index in [4.69, 9.17) is 5.73 Å². The van der Waals surface area contributed by atoms with Gasteiger partial charge in [0.25, 0.3) is 0 Å². The van der Waals surface area contributed by atoms with Crippen LogP contribution in [0.4, 0.5) is 0 Å². The van der Waals surface area contributed by atoms with Gasteiger partial charge in [0.1, 0.15) is 5.78 Å². The van der Waals surface area contributed by atoms with Crippen molar-refractivity contribution in [3.8, 4) is 0 Å². The molecule has 0 aromatic rings. The summed E-state index contributed by atoms with van der Waals surface area (Å²) in [4.78, 5) is 12.2. The Hall–Kier alpha value is -0.370. The molecule has 0 bridgehead atoms. The SMILES string of the molecule is CCCCCCCCCCCCCC(=O)C(CC)C(N)CC. The van der Waals surface area contributed by atoms with Crippen LogP contribution >= 0.6 is 0 Å². The maximum absolute atomic E-state index is 12.2. The second-order valence-corrected chi connectivity index (χ2v) is 6.84. The van der Waals surface area contributed by atoms with Crippen LogP contribution < -0.4 is 5.73 Å². The maximum Gasteiger partial charge on any atom is 0.137 e. The average Bonchev–Trinajstić information content (AvgIpc) is 2.53. The summed E-state index contributed by atoms with van der Waals surface area (Å²) in [6.45, 7) is 6.42. The van der Waals surface area contributed by atoms with Crippen molar-refractivity contribution in [3.05, 3.63) is 0 Å². The van der Waals surface area contributed by atoms with Crippen molar-refractivity contribution in [2.75, 3.05) is 0 Å². The Morgan fingerprint density at radius 1 is 0.727 bits per heavy atom. The molecule has 0 aromatic carbocycles. The molecule has 0 aliphatic carbocycles. The summed E-state index contributed by atoms with van der Waals surface area (Å²) in [6, 6.07) is 0.0604. The predicted octanol–water partition coefficient (Wildman–Crippen LogP) is 6.02. The first-order valence-electron chi connectivity index (χ1n) is 9.95. The lowest BCUT2D eigenvalue weighted by Gasteiger charge is -2.19. The average molecular weight is 312 g/mol. The van der Waals surface area contributed by atoms with E-state index in [1.807, 2.05) is 0 Å². The lowest BCUT2D eigenvalue weighted by Crippen LogP contribution is -2.34. The van der Waals surface area contributed by atoms with E-state index < -0.39 is 0 Å². The molecule has 0 heterocycles. The van der Waals surface area contributed by atoms with E-state index in [1.54, 1.807) is 0 Å². The Kier molecular flexibility index (Phi) is 15.3. The van der Waals surface area contributed by atoms with Gasteiger partial charge < -0.3 is 5.73 Å². The van der Waals surface area contributed by atoms with Crippen molar-refractivity contribution in [2.45, 2.75) is 117 Å². The number of ketones is 1. The molecule has 2 heteroatoms. The lowest BCUT2D eigenvalue weighted by atomic mass is 9.88. The molecule has 22 heavy (non-hydrogen) atoms. The first-order valence-corrected chi connectivity index (χ1v) is 9.95. The molecule has 0 fully saturated rings. The maximum atomic E-state index is 12.2. The Morgan fingerprint density at radius 2 is 1.18 bits per heavy atom. The monoisotopic (exact) mass is 311 g/mol. The number of Topliss-reactive ketones (excluding diaryl/α,β-unsaturated/α-hetero) is 1. The molecule has 2 unspecified atom stereocenters. The minimum Gasteiger partial charge on any atom is -0.327 e. The van der Waals surface area contributed by atoms with Crippen molar-refractivity contribution in [1.29, 1.82) is 0 Å². The van der Waals surface area contributed by atoms with E-state index >= 15 is 0 Å². The molecular formula is C20H41NO. The molecule has 0 amide bonds. The topological polar surface area (TPSA) is 43.1 Å². The van der Waals surface area contributed by atoms with Crippen molar-refractivity contribution in [3.63, 3.8) is 0 Å². The van der Waals surface area contributed by atoms with Crippen molar-refractivity contribution in [1.82, 2.24) is 0 Å². The van der Waals surface area contributed by atoms with Gasteiger partial charge in [0.05, 0.1) is 0 Å². The quantitative estimate of drug-likeness (QED) is 0.354. The first-order chi connectivity index (χ1) is 10.7. The number of unbranched alkanes of at least 4 members (excludes halogenated alkanes) is 10. The smallest absolute Gasteiger partial charge is 0.137 e. The summed E-state index contributed by atoms with van der Waals surface area (Å²) in [5.41, 5.74) is 6.04. The summed E-state index contributed by atoms with van der Waals surface area (Å²) >= 11 is 0. The van der Waals surface area contributed by atoms with Gasteiger partial charge in [0.2, 0.25) is 0 Å². The third-order valence-electron chi connectivity index (χ3n) is 4.87. The van der Waals surface area contributed by atoms with Gasteiger partial charge in [-0.15, -0.1) is 0 Å². The van der Waals surface area contributed by atoms with Crippen molar-refractivity contribution in [2.24, 2.45) is 11.7 Å². The molecule has 0 aromatic heterocycles. The van der Waals surface area contributed by atoms with Crippen LogP contribution in [0, 0.1) is 5.92 Å². The summed E-state index contributed by atoms with van der Waals surface area (Å²) in [5.74, 6) is 0.487. The highest BCUT2D eigenvalue weighted by atomic mass is 16.1. The molecule has 0 saturated carbocycles. The number of carbonyl (C=O) groups excluding carboxylic acids is 1. The number of nitrogens with two attached hydrogens (primary N) is 1. The van der Waals surface area contributed by atoms with Gasteiger partial charge in [-0.25, -0.2) is 0 Å². The van der Waals surface area contributed by atoms with Gasteiger partial charge in [0, 0.05) is 18.4 Å². The number of carbonyl (C=O) groups is 1. The fourth-order valence-corrected chi connectivity index (χ4v) is 3.20. The van der Waals surface area contributed by atoms with Gasteiger partial charge in [-0.3, -0.25) is 4.79 Å². The third kappa shape index (κ3) is 11.2. The minimum atomic E-state index is 0.0604. The van der Waals surface area contributed by atoms with Gasteiger partial charge in [-0.05, 0) is 19.3 Å². The standard InChI is InChI=1S/C20H41NO/c1-4-7-8-9-10-11-12-13-14-15-16-17-20(22)18(5-2)19(21)6-3/h18-19H,4-17,21H2,1-3H3. The Balaban J connectivity index is 3.43. The largest absolute Gasteiger partial charge is 0.327 e. The molecule has 2 atom stereocenters. The lowest BCUT2D eigenvalue weighted by molar-refractivity contribution is -0.123. The Bertz CT molecular complexity index is 252. The number of hydrogen-bond acceptors (Lipinski definition) is 2. The minimum absolute atomic E-state index is 0.0604. The van der Waals surface area contributed by atoms with E-state index in [2.05, 4.69) is 20.8 Å². The van der Waals surface area contributed by atoms with Crippen LogP contribution in [0.1, 0.15) is 111 Å². The molecule has 132 valence electrons. The van der Waals surface area contributed by atoms with Gasteiger partial charge >= 0.3 is 0 Å². The molecule has 0 saturated heterocycles. The zero-order valence-corrected chi connectivity index (χ0v) is 15.5. The third-order valence-corrected chi connectivity index (χ3v) is 4.87. The second kappa shape index (κ2) is 15.5. The Labute approximate surface area is 139 Å². The van der Waals surface area contributed by atoms with E-state index in [0.717, 1.165) is 25.7 Å². The fourth-order valence-electron chi connectivity index (χ4n) is 3.20. The number of rotatable bonds is 16. The van der Waals surface area contributed by atoms with Crippen molar-refractivity contribution >= 4 is 5.78 Å². The molecule has 0 radical (unpaired) electrons. The molecular weight excluding hydrogens is 270 g/mol. The van der Waals surface area contributed by atoms with Crippen LogP contribution in [0.5, 0.6) is 0 Å². The Morgan fingerprint density at radius 3 is 1.59 bits per heavy atom. The summed E-state index contributed by atoms with van der Waals surface area (Å²) in [7, 11) is 0. The fraction of sp³-hybridized carbons (Fsp3) is 0.950. The highest BCUT2D eigenvalue weighted by molar-refractivity contribution is 5.81. The van der Waals surface area contributed by atoms with Gasteiger partial charge in [0.15, 0.2) is 0 Å². The van der Waals surface area contributed by atoms with Crippen LogP contribution in [0.25, 0.3) is 0 Å². The van der Waals surface area contributed by atoms with E-state index in [9.17, 15) is 4.79 Å². The molecule has 0 aliphatic heterocycles. The van der Waals surface area contributed by atoms with Crippen LogP contribution in [0.3, 0.4) is 0 Å². The highest BCUT2D eigenvalue weighted by Crippen LogP contribution is 2.16. The first kappa shape index (κ1) is 21.6. The summed E-state index contributed by atoms with van der Waals surface area (Å²) in [5, 5.41) is 0. The molecule has 0 rings (SSSR count). The highest BCUT2D eigenvalue weighted by Gasteiger charge is 2.21. The van der Waals surface area contributed by atoms with Crippen molar-refractivity contribution < 1.29 is 4.79 Å². The number of hydrogen-bond donors (Lipinski definition) is 1. The van der Waals surface area contributed by atoms with E-state index in [0.29, 0.717) is 5.78 Å². The molecule has 0 spiro atoms. The zero-order valence-electron chi connectivity index (χ0n) is 15.5. The van der Waals surface area contributed by atoms with Crippen LogP contribution in [-0.4, -0.2) is 11.8 Å². The van der Waals surface area contributed by atoms with E-state index in [1.165, 1.54) is 64.2 Å².